The number of hydrogen-bond donors (Lipinski definition) is 0. The minimum atomic E-state index is -0.233. The van der Waals surface area contributed by atoms with Crippen LogP contribution in [0.3, 0.4) is 0 Å². The molecule has 23 heavy (non-hydrogen) atoms. The van der Waals surface area contributed by atoms with Gasteiger partial charge in [0.05, 0.1) is 0 Å². The van der Waals surface area contributed by atoms with E-state index in [2.05, 4.69) is 0 Å². The molecule has 2 aliphatic heterocycles. The molecule has 0 aromatic carbocycles. The van der Waals surface area contributed by atoms with Crippen LogP contribution in [-0.4, -0.2) is 60.5 Å². The lowest BCUT2D eigenvalue weighted by Gasteiger charge is -2.36. The Morgan fingerprint density at radius 1 is 0.870 bits per heavy atom. The lowest BCUT2D eigenvalue weighted by Crippen LogP contribution is -2.52. The molecular formula is C18H30N2O3. The van der Waals surface area contributed by atoms with E-state index in [-0.39, 0.29) is 17.9 Å². The van der Waals surface area contributed by atoms with E-state index in [4.69, 9.17) is 4.74 Å². The van der Waals surface area contributed by atoms with Crippen LogP contribution in [0.5, 0.6) is 0 Å². The first kappa shape index (κ1) is 16.7. The van der Waals surface area contributed by atoms with E-state index in [1.165, 1.54) is 32.1 Å². The molecule has 3 fully saturated rings. The van der Waals surface area contributed by atoms with E-state index < -0.39 is 0 Å². The van der Waals surface area contributed by atoms with Gasteiger partial charge in [0.1, 0.15) is 6.10 Å². The van der Waals surface area contributed by atoms with E-state index >= 15 is 0 Å². The SMILES string of the molecule is O=C(CCC1CCCCC1)N1CCN(C(=O)[C@H]2CCCO2)CC1. The Labute approximate surface area is 139 Å². The van der Waals surface area contributed by atoms with Crippen molar-refractivity contribution in [3.05, 3.63) is 0 Å². The summed E-state index contributed by atoms with van der Waals surface area (Å²) in [6, 6.07) is 0. The van der Waals surface area contributed by atoms with Gasteiger partial charge in [-0.15, -0.1) is 0 Å². The van der Waals surface area contributed by atoms with Crippen LogP contribution >= 0.6 is 0 Å². The molecule has 0 unspecified atom stereocenters. The average Bonchev–Trinajstić information content (AvgIpc) is 3.15. The molecule has 2 heterocycles. The van der Waals surface area contributed by atoms with Gasteiger partial charge in [-0.2, -0.15) is 0 Å². The third-order valence-electron chi connectivity index (χ3n) is 5.64. The number of ether oxygens (including phenoxy) is 1. The highest BCUT2D eigenvalue weighted by Gasteiger charge is 2.31. The van der Waals surface area contributed by atoms with Crippen LogP contribution in [0.1, 0.15) is 57.8 Å². The monoisotopic (exact) mass is 322 g/mol. The summed E-state index contributed by atoms with van der Waals surface area (Å²) in [7, 11) is 0. The Morgan fingerprint density at radius 2 is 1.57 bits per heavy atom. The fraction of sp³-hybridized carbons (Fsp3) is 0.889. The predicted octanol–water partition coefficient (Wildman–Crippen LogP) is 2.20. The zero-order valence-corrected chi connectivity index (χ0v) is 14.2. The van der Waals surface area contributed by atoms with Crippen LogP contribution in [0.15, 0.2) is 0 Å². The smallest absolute Gasteiger partial charge is 0.251 e. The van der Waals surface area contributed by atoms with Crippen LogP contribution < -0.4 is 0 Å². The molecule has 1 saturated carbocycles. The molecule has 0 bridgehead atoms. The summed E-state index contributed by atoms with van der Waals surface area (Å²) in [5.74, 6) is 1.16. The Morgan fingerprint density at radius 3 is 2.22 bits per heavy atom. The largest absolute Gasteiger partial charge is 0.368 e. The molecule has 130 valence electrons. The first-order chi connectivity index (χ1) is 11.2. The third kappa shape index (κ3) is 4.46. The summed E-state index contributed by atoms with van der Waals surface area (Å²) in [6.45, 7) is 3.39. The second-order valence-electron chi connectivity index (χ2n) is 7.25. The molecule has 5 heteroatoms. The van der Waals surface area contributed by atoms with Crippen LogP contribution in [0.4, 0.5) is 0 Å². The van der Waals surface area contributed by atoms with E-state index in [0.29, 0.717) is 39.2 Å². The number of carbonyl (C=O) groups is 2. The number of hydrogen-bond acceptors (Lipinski definition) is 3. The highest BCUT2D eigenvalue weighted by Crippen LogP contribution is 2.27. The Bertz CT molecular complexity index is 406. The van der Waals surface area contributed by atoms with Crippen LogP contribution in [-0.2, 0) is 14.3 Å². The Hall–Kier alpha value is -1.10. The quantitative estimate of drug-likeness (QED) is 0.797. The van der Waals surface area contributed by atoms with Crippen molar-refractivity contribution in [3.63, 3.8) is 0 Å². The minimum Gasteiger partial charge on any atom is -0.368 e. The summed E-state index contributed by atoms with van der Waals surface area (Å²) in [4.78, 5) is 28.5. The average molecular weight is 322 g/mol. The normalized spacial score (nSPS) is 26.5. The third-order valence-corrected chi connectivity index (χ3v) is 5.64. The van der Waals surface area contributed by atoms with Gasteiger partial charge in [-0.1, -0.05) is 32.1 Å². The molecule has 1 atom stereocenters. The lowest BCUT2D eigenvalue weighted by molar-refractivity contribution is -0.146. The van der Waals surface area contributed by atoms with Crippen molar-refractivity contribution >= 4 is 11.8 Å². The van der Waals surface area contributed by atoms with Crippen LogP contribution in [0.25, 0.3) is 0 Å². The van der Waals surface area contributed by atoms with Gasteiger partial charge in [-0.05, 0) is 25.2 Å². The lowest BCUT2D eigenvalue weighted by atomic mass is 9.86. The predicted molar refractivity (Wildman–Crippen MR) is 87.9 cm³/mol. The maximum absolute atomic E-state index is 12.4. The highest BCUT2D eigenvalue weighted by atomic mass is 16.5. The molecule has 0 spiro atoms. The van der Waals surface area contributed by atoms with Crippen molar-refractivity contribution in [1.82, 2.24) is 9.80 Å². The summed E-state index contributed by atoms with van der Waals surface area (Å²) < 4.78 is 5.48. The van der Waals surface area contributed by atoms with Gasteiger partial charge in [0.2, 0.25) is 5.91 Å². The molecule has 0 aromatic heterocycles. The zero-order chi connectivity index (χ0) is 16.1. The number of amides is 2. The maximum atomic E-state index is 12.4. The van der Waals surface area contributed by atoms with Gasteiger partial charge in [0.15, 0.2) is 0 Å². The number of nitrogens with zero attached hydrogens (tertiary/aromatic N) is 2. The molecule has 0 N–H and O–H groups in total. The number of rotatable bonds is 4. The molecule has 0 radical (unpaired) electrons. The molecule has 3 rings (SSSR count). The van der Waals surface area contributed by atoms with E-state index in [1.807, 2.05) is 9.80 Å². The van der Waals surface area contributed by atoms with E-state index in [1.54, 1.807) is 0 Å². The van der Waals surface area contributed by atoms with Crippen molar-refractivity contribution in [1.29, 1.82) is 0 Å². The van der Waals surface area contributed by atoms with Gasteiger partial charge in [-0.3, -0.25) is 9.59 Å². The molecular weight excluding hydrogens is 292 g/mol. The number of piperazine rings is 1. The molecule has 1 aliphatic carbocycles. The fourth-order valence-corrected chi connectivity index (χ4v) is 4.11. The maximum Gasteiger partial charge on any atom is 0.251 e. The standard InChI is InChI=1S/C18H30N2O3/c21-17(9-8-15-5-2-1-3-6-15)19-10-12-20(13-11-19)18(22)16-7-4-14-23-16/h15-16H,1-14H2/t16-/m1/s1. The second kappa shape index (κ2) is 8.13. The Balaban J connectivity index is 1.37. The molecule has 2 amide bonds. The summed E-state index contributed by atoms with van der Waals surface area (Å²) in [5.41, 5.74) is 0. The zero-order valence-electron chi connectivity index (χ0n) is 14.2. The first-order valence-corrected chi connectivity index (χ1v) is 9.42. The van der Waals surface area contributed by atoms with E-state index in [0.717, 1.165) is 25.2 Å². The van der Waals surface area contributed by atoms with Gasteiger partial charge in [-0.25, -0.2) is 0 Å². The molecule has 5 nitrogen and oxygen atoms in total. The highest BCUT2D eigenvalue weighted by molar-refractivity contribution is 5.82. The van der Waals surface area contributed by atoms with Crippen molar-refractivity contribution < 1.29 is 14.3 Å². The van der Waals surface area contributed by atoms with Gasteiger partial charge < -0.3 is 14.5 Å². The van der Waals surface area contributed by atoms with Gasteiger partial charge in [0.25, 0.3) is 5.91 Å². The Kier molecular flexibility index (Phi) is 5.92. The van der Waals surface area contributed by atoms with Gasteiger partial charge >= 0.3 is 0 Å². The van der Waals surface area contributed by atoms with Crippen LogP contribution in [0, 0.1) is 5.92 Å². The van der Waals surface area contributed by atoms with Crippen molar-refractivity contribution in [2.45, 2.75) is 63.9 Å². The molecule has 3 aliphatic rings. The van der Waals surface area contributed by atoms with E-state index in [9.17, 15) is 9.59 Å². The van der Waals surface area contributed by atoms with Crippen LogP contribution in [0.2, 0.25) is 0 Å². The molecule has 2 saturated heterocycles. The van der Waals surface area contributed by atoms with Gasteiger partial charge in [0, 0.05) is 39.2 Å². The second-order valence-corrected chi connectivity index (χ2v) is 7.25. The first-order valence-electron chi connectivity index (χ1n) is 9.42. The van der Waals surface area contributed by atoms with Crippen molar-refractivity contribution in [2.75, 3.05) is 32.8 Å². The fourth-order valence-electron chi connectivity index (χ4n) is 4.11. The summed E-state index contributed by atoms with van der Waals surface area (Å²) in [6.07, 6.45) is 9.97. The molecule has 0 aromatic rings. The summed E-state index contributed by atoms with van der Waals surface area (Å²) >= 11 is 0. The van der Waals surface area contributed by atoms with Crippen molar-refractivity contribution in [3.8, 4) is 0 Å². The van der Waals surface area contributed by atoms with Crippen molar-refractivity contribution in [2.24, 2.45) is 5.92 Å². The number of carbonyl (C=O) groups excluding carboxylic acids is 2. The minimum absolute atomic E-state index is 0.122. The summed E-state index contributed by atoms with van der Waals surface area (Å²) in [5, 5.41) is 0. The topological polar surface area (TPSA) is 49.9 Å².